The molecule has 0 aliphatic carbocycles. The molecule has 0 spiro atoms. The number of anilines is 2. The smallest absolute Gasteiger partial charge is 0.267 e. The van der Waals surface area contributed by atoms with Crippen molar-refractivity contribution in [2.24, 2.45) is 0 Å². The minimum atomic E-state index is -3.95. The van der Waals surface area contributed by atoms with Gasteiger partial charge < -0.3 is 10.1 Å². The molecular weight excluding hydrogens is 448 g/mol. The van der Waals surface area contributed by atoms with Crippen LogP contribution in [0.4, 0.5) is 11.4 Å². The molecule has 0 radical (unpaired) electrons. The molecule has 1 amide bonds. The van der Waals surface area contributed by atoms with Gasteiger partial charge in [-0.15, -0.1) is 0 Å². The number of nitrogens with one attached hydrogen (secondary N) is 1. The molecule has 6 nitrogen and oxygen atoms in total. The fourth-order valence-corrected chi connectivity index (χ4v) is 5.10. The number of carbonyl (C=O) groups is 1. The molecule has 1 aliphatic rings. The van der Waals surface area contributed by atoms with E-state index in [4.69, 9.17) is 16.3 Å². The summed E-state index contributed by atoms with van der Waals surface area (Å²) in [6.45, 7) is 5.65. The highest BCUT2D eigenvalue weighted by molar-refractivity contribution is 7.92. The van der Waals surface area contributed by atoms with Gasteiger partial charge in [-0.1, -0.05) is 35.4 Å². The van der Waals surface area contributed by atoms with Gasteiger partial charge in [-0.2, -0.15) is 0 Å². The molecule has 32 heavy (non-hydrogen) atoms. The first-order valence-electron chi connectivity index (χ1n) is 10.1. The molecule has 1 heterocycles. The van der Waals surface area contributed by atoms with Crippen LogP contribution in [0.5, 0.6) is 5.75 Å². The monoisotopic (exact) mass is 470 g/mol. The second-order valence-corrected chi connectivity index (χ2v) is 10.2. The summed E-state index contributed by atoms with van der Waals surface area (Å²) in [7, 11) is -3.95. The molecule has 3 aromatic carbocycles. The number of sulfonamides is 1. The second kappa shape index (κ2) is 8.48. The van der Waals surface area contributed by atoms with Crippen LogP contribution >= 0.6 is 11.6 Å². The number of nitrogens with zero attached hydrogens (tertiary/aromatic N) is 1. The standard InChI is InChI=1S/C24H23ClN2O4S/c1-15-4-9-20(10-5-15)32(29,30)27-14-23(31-22-11-7-18(25)13-21(22)27)24(28)26-19-8-6-16(2)17(3)12-19/h4-13,23H,14H2,1-3H3,(H,26,28). The zero-order valence-electron chi connectivity index (χ0n) is 17.9. The van der Waals surface area contributed by atoms with E-state index in [2.05, 4.69) is 5.32 Å². The summed E-state index contributed by atoms with van der Waals surface area (Å²) in [6, 6.07) is 16.8. The van der Waals surface area contributed by atoms with Crippen molar-refractivity contribution in [3.05, 3.63) is 82.4 Å². The van der Waals surface area contributed by atoms with Crippen LogP contribution in [-0.2, 0) is 14.8 Å². The van der Waals surface area contributed by atoms with Gasteiger partial charge in [0.1, 0.15) is 5.75 Å². The van der Waals surface area contributed by atoms with E-state index in [1.54, 1.807) is 42.5 Å². The van der Waals surface area contributed by atoms with Crippen LogP contribution in [-0.4, -0.2) is 27.0 Å². The number of halogens is 1. The molecule has 4 rings (SSSR count). The summed E-state index contributed by atoms with van der Waals surface area (Å²) in [5.74, 6) is -0.158. The lowest BCUT2D eigenvalue weighted by Gasteiger charge is -2.35. The molecule has 1 atom stereocenters. The van der Waals surface area contributed by atoms with Gasteiger partial charge in [0.05, 0.1) is 17.1 Å². The fourth-order valence-electron chi connectivity index (χ4n) is 3.47. The van der Waals surface area contributed by atoms with Crippen molar-refractivity contribution in [3.63, 3.8) is 0 Å². The van der Waals surface area contributed by atoms with Crippen molar-refractivity contribution in [2.75, 3.05) is 16.2 Å². The van der Waals surface area contributed by atoms with E-state index in [0.29, 0.717) is 16.4 Å². The van der Waals surface area contributed by atoms with E-state index in [1.807, 2.05) is 32.9 Å². The van der Waals surface area contributed by atoms with Crippen molar-refractivity contribution >= 4 is 38.9 Å². The van der Waals surface area contributed by atoms with Crippen molar-refractivity contribution in [1.82, 2.24) is 0 Å². The summed E-state index contributed by atoms with van der Waals surface area (Å²) in [5.41, 5.74) is 4.01. The minimum Gasteiger partial charge on any atom is -0.476 e. The third-order valence-electron chi connectivity index (χ3n) is 5.47. The van der Waals surface area contributed by atoms with Gasteiger partial charge in [-0.3, -0.25) is 9.10 Å². The quantitative estimate of drug-likeness (QED) is 0.590. The van der Waals surface area contributed by atoms with Gasteiger partial charge >= 0.3 is 0 Å². The predicted octanol–water partition coefficient (Wildman–Crippen LogP) is 4.86. The first kappa shape index (κ1) is 22.2. The maximum atomic E-state index is 13.5. The zero-order valence-corrected chi connectivity index (χ0v) is 19.5. The van der Waals surface area contributed by atoms with E-state index in [-0.39, 0.29) is 17.2 Å². The Labute approximate surface area is 192 Å². The molecule has 1 N–H and O–H groups in total. The Morgan fingerprint density at radius 2 is 1.72 bits per heavy atom. The van der Waals surface area contributed by atoms with Gasteiger partial charge in [0.2, 0.25) is 0 Å². The fraction of sp³-hybridized carbons (Fsp3) is 0.208. The third-order valence-corrected chi connectivity index (χ3v) is 7.50. The van der Waals surface area contributed by atoms with Gasteiger partial charge in [-0.05, 0) is 74.4 Å². The van der Waals surface area contributed by atoms with Crippen LogP contribution in [0, 0.1) is 20.8 Å². The van der Waals surface area contributed by atoms with Gasteiger partial charge in [0.25, 0.3) is 15.9 Å². The third kappa shape index (κ3) is 4.31. The lowest BCUT2D eigenvalue weighted by molar-refractivity contribution is -0.122. The normalized spacial score (nSPS) is 15.6. The molecule has 1 aliphatic heterocycles. The van der Waals surface area contributed by atoms with E-state index < -0.39 is 22.0 Å². The van der Waals surface area contributed by atoms with Gasteiger partial charge in [0.15, 0.2) is 6.10 Å². The molecule has 1 unspecified atom stereocenters. The summed E-state index contributed by atoms with van der Waals surface area (Å²) >= 11 is 6.14. The van der Waals surface area contributed by atoms with Crippen LogP contribution in [0.1, 0.15) is 16.7 Å². The number of fused-ring (bicyclic) bond motifs is 1. The lowest BCUT2D eigenvalue weighted by atomic mass is 10.1. The first-order chi connectivity index (χ1) is 15.1. The minimum absolute atomic E-state index is 0.129. The number of rotatable bonds is 4. The van der Waals surface area contributed by atoms with E-state index in [0.717, 1.165) is 16.7 Å². The Kier molecular flexibility index (Phi) is 5.88. The highest BCUT2D eigenvalue weighted by Crippen LogP contribution is 2.39. The molecule has 0 fully saturated rings. The Morgan fingerprint density at radius 1 is 1.00 bits per heavy atom. The van der Waals surface area contributed by atoms with Crippen LogP contribution in [0.3, 0.4) is 0 Å². The van der Waals surface area contributed by atoms with Crippen LogP contribution in [0.2, 0.25) is 5.02 Å². The molecule has 3 aromatic rings. The average molecular weight is 471 g/mol. The number of amides is 1. The first-order valence-corrected chi connectivity index (χ1v) is 11.9. The SMILES string of the molecule is Cc1ccc(S(=O)(=O)N2CC(C(=O)Nc3ccc(C)c(C)c3)Oc3ccc(Cl)cc32)cc1. The number of benzene rings is 3. The molecule has 0 saturated carbocycles. The molecular formula is C24H23ClN2O4S. The van der Waals surface area contributed by atoms with Gasteiger partial charge in [-0.25, -0.2) is 8.42 Å². The average Bonchev–Trinajstić information content (AvgIpc) is 2.75. The van der Waals surface area contributed by atoms with Gasteiger partial charge in [0, 0.05) is 10.7 Å². The highest BCUT2D eigenvalue weighted by atomic mass is 35.5. The number of hydrogen-bond acceptors (Lipinski definition) is 4. The molecule has 0 aromatic heterocycles. The van der Waals surface area contributed by atoms with Crippen LogP contribution in [0.25, 0.3) is 0 Å². The lowest BCUT2D eigenvalue weighted by Crippen LogP contribution is -2.48. The second-order valence-electron chi connectivity index (χ2n) is 7.86. The Bertz CT molecular complexity index is 1290. The summed E-state index contributed by atoms with van der Waals surface area (Å²) in [4.78, 5) is 13.1. The van der Waals surface area contributed by atoms with Crippen molar-refractivity contribution < 1.29 is 17.9 Å². The molecule has 0 saturated heterocycles. The van der Waals surface area contributed by atoms with Crippen molar-refractivity contribution in [3.8, 4) is 5.75 Å². The number of carbonyl (C=O) groups excluding carboxylic acids is 1. The number of aryl methyl sites for hydroxylation is 3. The molecule has 166 valence electrons. The largest absolute Gasteiger partial charge is 0.476 e. The van der Waals surface area contributed by atoms with Crippen molar-refractivity contribution in [2.45, 2.75) is 31.8 Å². The maximum absolute atomic E-state index is 13.5. The Hall–Kier alpha value is -3.03. The predicted molar refractivity (Wildman–Crippen MR) is 126 cm³/mol. The van der Waals surface area contributed by atoms with E-state index in [9.17, 15) is 13.2 Å². The summed E-state index contributed by atoms with van der Waals surface area (Å²) < 4.78 is 34.0. The maximum Gasteiger partial charge on any atom is 0.267 e. The van der Waals surface area contributed by atoms with E-state index >= 15 is 0 Å². The Balaban J connectivity index is 1.69. The van der Waals surface area contributed by atoms with Crippen LogP contribution < -0.4 is 14.4 Å². The van der Waals surface area contributed by atoms with Crippen molar-refractivity contribution in [1.29, 1.82) is 0 Å². The molecule has 8 heteroatoms. The zero-order chi connectivity index (χ0) is 23.0. The summed E-state index contributed by atoms with van der Waals surface area (Å²) in [5, 5.41) is 3.20. The topological polar surface area (TPSA) is 75.7 Å². The number of ether oxygens (including phenoxy) is 1. The summed E-state index contributed by atoms with van der Waals surface area (Å²) in [6.07, 6.45) is -1.04. The number of hydrogen-bond donors (Lipinski definition) is 1. The molecule has 0 bridgehead atoms. The van der Waals surface area contributed by atoms with Crippen LogP contribution in [0.15, 0.2) is 65.6 Å². The highest BCUT2D eigenvalue weighted by Gasteiger charge is 2.37. The Morgan fingerprint density at radius 3 is 2.41 bits per heavy atom. The van der Waals surface area contributed by atoms with E-state index in [1.165, 1.54) is 10.4 Å².